The van der Waals surface area contributed by atoms with Crippen molar-refractivity contribution in [2.24, 2.45) is 0 Å². The van der Waals surface area contributed by atoms with Crippen molar-refractivity contribution in [3.63, 3.8) is 0 Å². The Bertz CT molecular complexity index is 934. The Kier molecular flexibility index (Phi) is 6.19. The monoisotopic (exact) mass is 382 g/mol. The summed E-state index contributed by atoms with van der Waals surface area (Å²) in [6.45, 7) is 2.02. The molecule has 27 heavy (non-hydrogen) atoms. The van der Waals surface area contributed by atoms with Crippen molar-refractivity contribution >= 4 is 34.5 Å². The average molecular weight is 382 g/mol. The number of aryl methyl sites for hydroxylation is 1. The van der Waals surface area contributed by atoms with Gasteiger partial charge in [-0.15, -0.1) is 11.8 Å². The maximum absolute atomic E-state index is 12.4. The van der Waals surface area contributed by atoms with Crippen LogP contribution in [-0.4, -0.2) is 35.8 Å². The van der Waals surface area contributed by atoms with E-state index in [1.54, 1.807) is 0 Å². The van der Waals surface area contributed by atoms with Crippen LogP contribution in [0.15, 0.2) is 59.6 Å². The molecular weight excluding hydrogens is 360 g/mol. The zero-order chi connectivity index (χ0) is 19.2. The van der Waals surface area contributed by atoms with Gasteiger partial charge >= 0.3 is 5.97 Å². The second-order valence-electron chi connectivity index (χ2n) is 6.31. The Morgan fingerprint density at radius 1 is 1.15 bits per heavy atom. The van der Waals surface area contributed by atoms with Crippen molar-refractivity contribution in [1.29, 1.82) is 0 Å². The van der Waals surface area contributed by atoms with Crippen LogP contribution < -0.4 is 5.32 Å². The van der Waals surface area contributed by atoms with E-state index in [0.29, 0.717) is 6.42 Å². The first-order valence-corrected chi connectivity index (χ1v) is 9.67. The molecule has 1 atom stereocenters. The number of hydrogen-bond donors (Lipinski definition) is 2. The second kappa shape index (κ2) is 8.77. The largest absolute Gasteiger partial charge is 0.467 e. The predicted octanol–water partition coefficient (Wildman–Crippen LogP) is 3.47. The summed E-state index contributed by atoms with van der Waals surface area (Å²) in [6.07, 6.45) is 2.24. The Balaban J connectivity index is 1.65. The highest BCUT2D eigenvalue weighted by molar-refractivity contribution is 8.00. The van der Waals surface area contributed by atoms with Crippen molar-refractivity contribution in [3.05, 3.63) is 65.9 Å². The van der Waals surface area contributed by atoms with E-state index in [2.05, 4.69) is 10.3 Å². The number of fused-ring (bicyclic) bond motifs is 1. The first-order valence-electron chi connectivity index (χ1n) is 8.68. The Labute approximate surface area is 162 Å². The first kappa shape index (κ1) is 19.0. The minimum atomic E-state index is -0.722. The number of rotatable bonds is 7. The van der Waals surface area contributed by atoms with Crippen molar-refractivity contribution < 1.29 is 14.3 Å². The number of amides is 1. The Hall–Kier alpha value is -2.73. The number of ether oxygens (including phenoxy) is 1. The molecule has 140 valence electrons. The molecule has 5 nitrogen and oxygen atoms in total. The number of aromatic nitrogens is 1. The summed E-state index contributed by atoms with van der Waals surface area (Å²) in [5.74, 6) is -0.408. The molecule has 3 rings (SSSR count). The number of nitrogens with one attached hydrogen (secondary N) is 2. The number of esters is 1. The van der Waals surface area contributed by atoms with E-state index in [1.165, 1.54) is 24.4 Å². The van der Waals surface area contributed by atoms with E-state index in [0.717, 1.165) is 21.4 Å². The number of hydrogen-bond acceptors (Lipinski definition) is 4. The third kappa shape index (κ3) is 4.92. The SMILES string of the molecule is COC(=O)C(Cc1c[nH]c2ccccc12)NC(=O)CSc1ccc(C)cc1. The minimum Gasteiger partial charge on any atom is -0.467 e. The molecule has 3 aromatic rings. The van der Waals surface area contributed by atoms with E-state index < -0.39 is 12.0 Å². The van der Waals surface area contributed by atoms with Gasteiger partial charge in [-0.1, -0.05) is 35.9 Å². The lowest BCUT2D eigenvalue weighted by molar-refractivity contribution is -0.144. The molecule has 1 amide bonds. The summed E-state index contributed by atoms with van der Waals surface area (Å²) >= 11 is 1.44. The Morgan fingerprint density at radius 3 is 2.63 bits per heavy atom. The molecule has 0 saturated heterocycles. The highest BCUT2D eigenvalue weighted by Crippen LogP contribution is 2.20. The normalized spacial score (nSPS) is 11.9. The van der Waals surface area contributed by atoms with Crippen LogP contribution in [0.5, 0.6) is 0 Å². The van der Waals surface area contributed by atoms with E-state index in [1.807, 2.05) is 61.7 Å². The molecule has 0 fully saturated rings. The molecule has 0 aliphatic rings. The van der Waals surface area contributed by atoms with Gasteiger partial charge in [-0.25, -0.2) is 4.79 Å². The van der Waals surface area contributed by atoms with Gasteiger partial charge in [0.2, 0.25) is 5.91 Å². The quantitative estimate of drug-likeness (QED) is 0.485. The number of aromatic amines is 1. The fraction of sp³-hybridized carbons (Fsp3) is 0.238. The van der Waals surface area contributed by atoms with Crippen LogP contribution in [-0.2, 0) is 20.7 Å². The summed E-state index contributed by atoms with van der Waals surface area (Å²) in [7, 11) is 1.33. The van der Waals surface area contributed by atoms with Gasteiger partial charge in [-0.05, 0) is 30.7 Å². The van der Waals surface area contributed by atoms with Gasteiger partial charge < -0.3 is 15.0 Å². The van der Waals surface area contributed by atoms with Crippen molar-refractivity contribution in [2.45, 2.75) is 24.3 Å². The molecule has 0 aliphatic heterocycles. The van der Waals surface area contributed by atoms with Crippen LogP contribution in [0.25, 0.3) is 10.9 Å². The molecular formula is C21H22N2O3S. The lowest BCUT2D eigenvalue weighted by atomic mass is 10.0. The average Bonchev–Trinajstić information content (AvgIpc) is 3.09. The summed E-state index contributed by atoms with van der Waals surface area (Å²) in [5, 5.41) is 3.84. The van der Waals surface area contributed by atoms with Crippen LogP contribution in [0.3, 0.4) is 0 Å². The van der Waals surface area contributed by atoms with Crippen LogP contribution in [0.2, 0.25) is 0 Å². The molecule has 0 saturated carbocycles. The van der Waals surface area contributed by atoms with Gasteiger partial charge in [0.15, 0.2) is 0 Å². The van der Waals surface area contributed by atoms with Crippen LogP contribution in [0.1, 0.15) is 11.1 Å². The fourth-order valence-electron chi connectivity index (χ4n) is 2.88. The summed E-state index contributed by atoms with van der Waals surface area (Å²) < 4.78 is 4.88. The number of thioether (sulfide) groups is 1. The van der Waals surface area contributed by atoms with Gasteiger partial charge in [0, 0.05) is 28.4 Å². The highest BCUT2D eigenvalue weighted by Gasteiger charge is 2.23. The fourth-order valence-corrected chi connectivity index (χ4v) is 3.58. The second-order valence-corrected chi connectivity index (χ2v) is 7.36. The molecule has 1 unspecified atom stereocenters. The third-order valence-electron chi connectivity index (χ3n) is 4.31. The molecule has 6 heteroatoms. The van der Waals surface area contributed by atoms with E-state index >= 15 is 0 Å². The zero-order valence-electron chi connectivity index (χ0n) is 15.3. The number of para-hydroxylation sites is 1. The molecule has 2 aromatic carbocycles. The lowest BCUT2D eigenvalue weighted by Crippen LogP contribution is -2.43. The van der Waals surface area contributed by atoms with E-state index in [4.69, 9.17) is 4.74 Å². The summed E-state index contributed by atoms with van der Waals surface area (Å²) in [5.41, 5.74) is 3.14. The number of carbonyl (C=O) groups excluding carboxylic acids is 2. The number of H-pyrrole nitrogens is 1. The van der Waals surface area contributed by atoms with Crippen LogP contribution >= 0.6 is 11.8 Å². The number of methoxy groups -OCH3 is 1. The van der Waals surface area contributed by atoms with Crippen molar-refractivity contribution in [3.8, 4) is 0 Å². The summed E-state index contributed by atoms with van der Waals surface area (Å²) in [4.78, 5) is 28.7. The molecule has 2 N–H and O–H groups in total. The maximum atomic E-state index is 12.4. The van der Waals surface area contributed by atoms with Crippen LogP contribution in [0, 0.1) is 6.92 Å². The summed E-state index contributed by atoms with van der Waals surface area (Å²) in [6, 6.07) is 15.1. The molecule has 0 bridgehead atoms. The Morgan fingerprint density at radius 2 is 1.89 bits per heavy atom. The predicted molar refractivity (Wildman–Crippen MR) is 108 cm³/mol. The van der Waals surface area contributed by atoms with Crippen LogP contribution in [0.4, 0.5) is 0 Å². The molecule has 0 aliphatic carbocycles. The van der Waals surface area contributed by atoms with Crippen molar-refractivity contribution in [1.82, 2.24) is 10.3 Å². The molecule has 1 heterocycles. The van der Waals surface area contributed by atoms with Gasteiger partial charge in [0.1, 0.15) is 6.04 Å². The molecule has 0 radical (unpaired) electrons. The third-order valence-corrected chi connectivity index (χ3v) is 5.32. The van der Waals surface area contributed by atoms with Gasteiger partial charge in [0.05, 0.1) is 12.9 Å². The topological polar surface area (TPSA) is 71.2 Å². The smallest absolute Gasteiger partial charge is 0.328 e. The zero-order valence-corrected chi connectivity index (χ0v) is 16.1. The standard InChI is InChI=1S/C21H22N2O3S/c1-14-7-9-16(10-8-14)27-13-20(24)23-19(21(25)26-2)11-15-12-22-18-6-4-3-5-17(15)18/h3-10,12,19,22H,11,13H2,1-2H3,(H,23,24). The van der Waals surface area contributed by atoms with Gasteiger partial charge in [-0.2, -0.15) is 0 Å². The highest BCUT2D eigenvalue weighted by atomic mass is 32.2. The maximum Gasteiger partial charge on any atom is 0.328 e. The lowest BCUT2D eigenvalue weighted by Gasteiger charge is -2.16. The van der Waals surface area contributed by atoms with E-state index in [9.17, 15) is 9.59 Å². The van der Waals surface area contributed by atoms with E-state index in [-0.39, 0.29) is 11.7 Å². The van der Waals surface area contributed by atoms with Gasteiger partial charge in [0.25, 0.3) is 0 Å². The number of benzene rings is 2. The van der Waals surface area contributed by atoms with Crippen molar-refractivity contribution in [2.75, 3.05) is 12.9 Å². The minimum absolute atomic E-state index is 0.198. The molecule has 1 aromatic heterocycles. The first-order chi connectivity index (χ1) is 13.1. The molecule has 0 spiro atoms. The number of carbonyl (C=O) groups is 2. The van der Waals surface area contributed by atoms with Gasteiger partial charge in [-0.3, -0.25) is 4.79 Å².